The van der Waals surface area contributed by atoms with E-state index in [2.05, 4.69) is 5.32 Å². The van der Waals surface area contributed by atoms with Crippen molar-refractivity contribution in [3.8, 4) is 5.75 Å². The van der Waals surface area contributed by atoms with Gasteiger partial charge in [-0.25, -0.2) is 9.38 Å². The molecule has 3 aromatic rings. The van der Waals surface area contributed by atoms with E-state index in [4.69, 9.17) is 19.6 Å². The number of rotatable bonds is 11. The number of hydrogen-bond donors (Lipinski definition) is 2. The van der Waals surface area contributed by atoms with Gasteiger partial charge in [-0.2, -0.15) is 0 Å². The fourth-order valence-electron chi connectivity index (χ4n) is 3.76. The Morgan fingerprint density at radius 1 is 1.08 bits per heavy atom. The molecule has 1 amide bonds. The minimum absolute atomic E-state index is 0.0761. The molecule has 36 heavy (non-hydrogen) atoms. The third kappa shape index (κ3) is 6.58. The summed E-state index contributed by atoms with van der Waals surface area (Å²) >= 11 is 0. The van der Waals surface area contributed by atoms with E-state index in [1.165, 1.54) is 12.1 Å². The lowest BCUT2D eigenvalue weighted by molar-refractivity contribution is -0.126. The Morgan fingerprint density at radius 3 is 2.56 bits per heavy atom. The summed E-state index contributed by atoms with van der Waals surface area (Å²) in [6, 6.07) is 23.1. The molecule has 7 heteroatoms. The third-order valence-electron chi connectivity index (χ3n) is 5.79. The van der Waals surface area contributed by atoms with Crippen LogP contribution in [0.5, 0.6) is 5.75 Å². The minimum Gasteiger partial charge on any atom is -0.494 e. The summed E-state index contributed by atoms with van der Waals surface area (Å²) in [6.45, 7) is 0.866. The lowest BCUT2D eigenvalue weighted by atomic mass is 9.95. The van der Waals surface area contributed by atoms with Crippen molar-refractivity contribution in [3.63, 3.8) is 0 Å². The standard InChI is InChI=1S/C29H29FN2O4/c30-25-13-9-23(10-14-25)20-31-28(34)29(17-4-8-22-6-2-1-3-7-22)21-36-27(32-29)24-11-15-26(16-12-24)35-19-5-18-33/h1-4,6-16,33H,5,17-21H2,(H,31,34)/b8-4+/t29-/m1/s1. The van der Waals surface area contributed by atoms with E-state index >= 15 is 0 Å². The van der Waals surface area contributed by atoms with Crippen molar-refractivity contribution in [1.82, 2.24) is 5.32 Å². The highest BCUT2D eigenvalue weighted by molar-refractivity contribution is 6.00. The van der Waals surface area contributed by atoms with Crippen molar-refractivity contribution in [3.05, 3.63) is 107 Å². The number of nitrogens with one attached hydrogen (secondary N) is 1. The van der Waals surface area contributed by atoms with E-state index in [1.54, 1.807) is 12.1 Å². The fourth-order valence-corrected chi connectivity index (χ4v) is 3.76. The van der Waals surface area contributed by atoms with E-state index in [0.29, 0.717) is 31.1 Å². The summed E-state index contributed by atoms with van der Waals surface area (Å²) in [7, 11) is 0. The van der Waals surface area contributed by atoms with Crippen molar-refractivity contribution < 1.29 is 23.8 Å². The van der Waals surface area contributed by atoms with E-state index in [1.807, 2.05) is 66.7 Å². The van der Waals surface area contributed by atoms with Gasteiger partial charge in [0.15, 0.2) is 5.54 Å². The van der Waals surface area contributed by atoms with Gasteiger partial charge >= 0.3 is 0 Å². The molecular weight excluding hydrogens is 459 g/mol. The number of carbonyl (C=O) groups is 1. The maximum Gasteiger partial charge on any atom is 0.252 e. The summed E-state index contributed by atoms with van der Waals surface area (Å²) in [6.07, 6.45) is 4.80. The van der Waals surface area contributed by atoms with Crippen molar-refractivity contribution in [1.29, 1.82) is 0 Å². The van der Waals surface area contributed by atoms with Gasteiger partial charge in [0, 0.05) is 31.6 Å². The van der Waals surface area contributed by atoms with Gasteiger partial charge in [0.05, 0.1) is 6.61 Å². The smallest absolute Gasteiger partial charge is 0.252 e. The highest BCUT2D eigenvalue weighted by Gasteiger charge is 2.43. The molecule has 0 fully saturated rings. The molecule has 1 aliphatic rings. The van der Waals surface area contributed by atoms with Crippen LogP contribution in [-0.4, -0.2) is 42.3 Å². The minimum atomic E-state index is -1.13. The van der Waals surface area contributed by atoms with Crippen molar-refractivity contribution in [2.75, 3.05) is 19.8 Å². The molecule has 1 heterocycles. The molecule has 0 bridgehead atoms. The molecule has 0 radical (unpaired) electrons. The van der Waals surface area contributed by atoms with Gasteiger partial charge < -0.3 is 19.9 Å². The van der Waals surface area contributed by atoms with Gasteiger partial charge in [-0.1, -0.05) is 54.6 Å². The summed E-state index contributed by atoms with van der Waals surface area (Å²) < 4.78 is 24.7. The largest absolute Gasteiger partial charge is 0.494 e. The molecule has 1 atom stereocenters. The monoisotopic (exact) mass is 488 g/mol. The average Bonchev–Trinajstić information content (AvgIpc) is 3.35. The fraction of sp³-hybridized carbons (Fsp3) is 0.241. The first-order chi connectivity index (χ1) is 17.6. The maximum absolute atomic E-state index is 13.4. The van der Waals surface area contributed by atoms with E-state index in [-0.39, 0.29) is 31.5 Å². The number of benzene rings is 3. The van der Waals surface area contributed by atoms with Gasteiger partial charge in [0.25, 0.3) is 5.91 Å². The van der Waals surface area contributed by atoms with Crippen LogP contribution in [0.15, 0.2) is 89.9 Å². The number of aliphatic hydroxyl groups excluding tert-OH is 1. The van der Waals surface area contributed by atoms with Crippen LogP contribution in [0.4, 0.5) is 4.39 Å². The maximum atomic E-state index is 13.4. The average molecular weight is 489 g/mol. The zero-order chi connectivity index (χ0) is 25.2. The van der Waals surface area contributed by atoms with Crippen molar-refractivity contribution in [2.24, 2.45) is 4.99 Å². The molecule has 6 nitrogen and oxygen atoms in total. The molecule has 4 rings (SSSR count). The first kappa shape index (κ1) is 25.1. The second-order valence-electron chi connectivity index (χ2n) is 8.51. The molecule has 0 spiro atoms. The number of nitrogens with zero attached hydrogens (tertiary/aromatic N) is 1. The van der Waals surface area contributed by atoms with Crippen LogP contribution in [0, 0.1) is 5.82 Å². The number of aliphatic imine (C=N–C) groups is 1. The van der Waals surface area contributed by atoms with Crippen LogP contribution in [0.2, 0.25) is 0 Å². The molecule has 0 unspecified atom stereocenters. The summed E-state index contributed by atoms with van der Waals surface area (Å²) in [5, 5.41) is 11.8. The Balaban J connectivity index is 1.51. The Labute approximate surface area is 210 Å². The van der Waals surface area contributed by atoms with Crippen LogP contribution in [0.3, 0.4) is 0 Å². The van der Waals surface area contributed by atoms with E-state index in [9.17, 15) is 9.18 Å². The number of halogens is 1. The topological polar surface area (TPSA) is 80.2 Å². The van der Waals surface area contributed by atoms with Crippen LogP contribution in [-0.2, 0) is 16.1 Å². The quantitative estimate of drug-likeness (QED) is 0.389. The molecule has 0 saturated carbocycles. The number of carbonyl (C=O) groups excluding carboxylic acids is 1. The van der Waals surface area contributed by atoms with Crippen LogP contribution in [0.25, 0.3) is 6.08 Å². The molecule has 0 saturated heterocycles. The molecule has 3 aromatic carbocycles. The van der Waals surface area contributed by atoms with Gasteiger partial charge in [-0.3, -0.25) is 4.79 Å². The Bertz CT molecular complexity index is 1190. The lowest BCUT2D eigenvalue weighted by Crippen LogP contribution is -2.46. The Hall–Kier alpha value is -3.97. The summed E-state index contributed by atoms with van der Waals surface area (Å²) in [4.78, 5) is 18.1. The Morgan fingerprint density at radius 2 is 1.83 bits per heavy atom. The third-order valence-corrected chi connectivity index (χ3v) is 5.79. The zero-order valence-electron chi connectivity index (χ0n) is 19.9. The second-order valence-corrected chi connectivity index (χ2v) is 8.51. The van der Waals surface area contributed by atoms with Crippen molar-refractivity contribution >= 4 is 17.9 Å². The number of amides is 1. The van der Waals surface area contributed by atoms with Crippen LogP contribution < -0.4 is 10.1 Å². The Kier molecular flexibility index (Phi) is 8.47. The SMILES string of the molecule is O=C(NCc1ccc(F)cc1)[C@@]1(C/C=C/c2ccccc2)COC(c2ccc(OCCCO)cc2)=N1. The van der Waals surface area contributed by atoms with E-state index < -0.39 is 5.54 Å². The summed E-state index contributed by atoms with van der Waals surface area (Å²) in [5.41, 5.74) is 1.43. The number of hydrogen-bond acceptors (Lipinski definition) is 5. The normalized spacial score (nSPS) is 17.0. The molecule has 0 aliphatic carbocycles. The van der Waals surface area contributed by atoms with Crippen molar-refractivity contribution in [2.45, 2.75) is 24.9 Å². The zero-order valence-corrected chi connectivity index (χ0v) is 19.9. The molecule has 1 aliphatic heterocycles. The molecule has 0 aromatic heterocycles. The first-order valence-corrected chi connectivity index (χ1v) is 11.9. The number of aliphatic hydroxyl groups is 1. The highest BCUT2D eigenvalue weighted by atomic mass is 19.1. The highest BCUT2D eigenvalue weighted by Crippen LogP contribution is 2.28. The predicted molar refractivity (Wildman–Crippen MR) is 137 cm³/mol. The molecule has 186 valence electrons. The summed E-state index contributed by atoms with van der Waals surface area (Å²) in [5.74, 6) is 0.487. The first-order valence-electron chi connectivity index (χ1n) is 11.9. The van der Waals surface area contributed by atoms with Gasteiger partial charge in [0.2, 0.25) is 5.90 Å². The van der Waals surface area contributed by atoms with Gasteiger partial charge in [-0.05, 0) is 47.5 Å². The second kappa shape index (κ2) is 12.1. The molecule has 2 N–H and O–H groups in total. The number of ether oxygens (including phenoxy) is 2. The van der Waals surface area contributed by atoms with Gasteiger partial charge in [-0.15, -0.1) is 0 Å². The van der Waals surface area contributed by atoms with Crippen LogP contribution in [0.1, 0.15) is 29.5 Å². The van der Waals surface area contributed by atoms with Gasteiger partial charge in [0.1, 0.15) is 18.2 Å². The van der Waals surface area contributed by atoms with E-state index in [0.717, 1.165) is 16.7 Å². The lowest BCUT2D eigenvalue weighted by Gasteiger charge is -2.21. The molecular formula is C29H29FN2O4. The van der Waals surface area contributed by atoms with Crippen LogP contribution >= 0.6 is 0 Å². The predicted octanol–water partition coefficient (Wildman–Crippen LogP) is 4.52.